The van der Waals surface area contributed by atoms with Crippen LogP contribution in [0.25, 0.3) is 18.2 Å². The SMILES string of the molecule is CCCN(C)c1ccc(/C=C/c2ccc(/C=C/C3=C(C#N)C(=C(C#N)C#N)CC3(C)c3ccccc3)s2)c(OCc2ccccc2)c1. The van der Waals surface area contributed by atoms with Gasteiger partial charge in [0.2, 0.25) is 0 Å². The average Bonchev–Trinajstić information content (AvgIpc) is 3.68. The summed E-state index contributed by atoms with van der Waals surface area (Å²) in [6.07, 6.45) is 9.66. The molecule has 1 unspecified atom stereocenters. The van der Waals surface area contributed by atoms with Crippen LogP contribution in [0.5, 0.6) is 5.75 Å². The normalized spacial score (nSPS) is 15.9. The molecule has 0 saturated carbocycles. The maximum Gasteiger partial charge on any atom is 0.134 e. The van der Waals surface area contributed by atoms with Crippen LogP contribution < -0.4 is 9.64 Å². The summed E-state index contributed by atoms with van der Waals surface area (Å²) in [7, 11) is 2.10. The summed E-state index contributed by atoms with van der Waals surface area (Å²) in [5, 5.41) is 29.5. The van der Waals surface area contributed by atoms with Gasteiger partial charge < -0.3 is 9.64 Å². The van der Waals surface area contributed by atoms with Crippen LogP contribution in [0, 0.1) is 34.0 Å². The Kier molecular flexibility index (Phi) is 10.5. The van der Waals surface area contributed by atoms with E-state index < -0.39 is 5.41 Å². The third kappa shape index (κ3) is 7.45. The van der Waals surface area contributed by atoms with Crippen LogP contribution in [0.3, 0.4) is 0 Å². The first kappa shape index (κ1) is 32.8. The number of ether oxygens (including phenoxy) is 1. The molecule has 47 heavy (non-hydrogen) atoms. The minimum absolute atomic E-state index is 0.00666. The second-order valence-corrected chi connectivity index (χ2v) is 12.8. The highest BCUT2D eigenvalue weighted by molar-refractivity contribution is 7.13. The largest absolute Gasteiger partial charge is 0.488 e. The quantitative estimate of drug-likeness (QED) is 0.154. The van der Waals surface area contributed by atoms with Gasteiger partial charge in [-0.25, -0.2) is 0 Å². The van der Waals surface area contributed by atoms with Crippen molar-refractivity contribution in [2.75, 3.05) is 18.5 Å². The molecule has 0 spiro atoms. The second kappa shape index (κ2) is 15.1. The molecule has 5 nitrogen and oxygen atoms in total. The lowest BCUT2D eigenvalue weighted by molar-refractivity contribution is 0.305. The molecule has 1 atom stereocenters. The first-order valence-corrected chi connectivity index (χ1v) is 16.4. The van der Waals surface area contributed by atoms with E-state index in [-0.39, 0.29) is 5.57 Å². The van der Waals surface area contributed by atoms with Gasteiger partial charge in [-0.2, -0.15) is 15.8 Å². The lowest BCUT2D eigenvalue weighted by atomic mass is 9.76. The first-order valence-electron chi connectivity index (χ1n) is 15.6. The number of thiophene rings is 1. The molecule has 1 aromatic heterocycles. The predicted molar refractivity (Wildman–Crippen MR) is 192 cm³/mol. The van der Waals surface area contributed by atoms with Crippen molar-refractivity contribution >= 4 is 35.3 Å². The molecule has 0 fully saturated rings. The van der Waals surface area contributed by atoms with Gasteiger partial charge in [0.25, 0.3) is 0 Å². The van der Waals surface area contributed by atoms with Gasteiger partial charge >= 0.3 is 0 Å². The summed E-state index contributed by atoms with van der Waals surface area (Å²) in [5.41, 5.74) is 5.42. The number of benzene rings is 3. The summed E-state index contributed by atoms with van der Waals surface area (Å²) < 4.78 is 6.34. The van der Waals surface area contributed by atoms with E-state index in [2.05, 4.69) is 86.5 Å². The summed E-state index contributed by atoms with van der Waals surface area (Å²) in [4.78, 5) is 4.34. The van der Waals surface area contributed by atoms with E-state index in [1.165, 1.54) is 0 Å². The van der Waals surface area contributed by atoms with Crippen molar-refractivity contribution in [2.45, 2.75) is 38.7 Å². The first-order chi connectivity index (χ1) is 22.9. The fourth-order valence-electron chi connectivity index (χ4n) is 5.92. The summed E-state index contributed by atoms with van der Waals surface area (Å²) in [5.74, 6) is 0.831. The van der Waals surface area contributed by atoms with Crippen molar-refractivity contribution in [3.8, 4) is 24.0 Å². The topological polar surface area (TPSA) is 83.8 Å². The zero-order valence-electron chi connectivity index (χ0n) is 26.9. The van der Waals surface area contributed by atoms with E-state index >= 15 is 0 Å². The molecule has 4 aromatic rings. The number of nitrogens with zero attached hydrogens (tertiary/aromatic N) is 4. The van der Waals surface area contributed by atoms with Gasteiger partial charge in [0.15, 0.2) is 0 Å². The maximum atomic E-state index is 10.2. The molecule has 6 heteroatoms. The van der Waals surface area contributed by atoms with E-state index in [0.717, 1.165) is 56.4 Å². The zero-order valence-corrected chi connectivity index (χ0v) is 27.7. The molecule has 0 N–H and O–H groups in total. The van der Waals surface area contributed by atoms with Crippen LogP contribution in [0.1, 0.15) is 53.1 Å². The summed E-state index contributed by atoms with van der Waals surface area (Å²) in [6, 6.07) is 36.9. The molecule has 0 saturated heterocycles. The maximum absolute atomic E-state index is 10.2. The van der Waals surface area contributed by atoms with Gasteiger partial charge in [-0.15, -0.1) is 11.3 Å². The molecule has 3 aromatic carbocycles. The Morgan fingerprint density at radius 3 is 2.17 bits per heavy atom. The zero-order chi connectivity index (χ0) is 33.2. The van der Waals surface area contributed by atoms with E-state index in [4.69, 9.17) is 4.74 Å². The molecular weight excluding hydrogens is 597 g/mol. The van der Waals surface area contributed by atoms with Gasteiger partial charge in [0.05, 0.1) is 11.6 Å². The fraction of sp³-hybridized carbons (Fsp3) is 0.195. The molecule has 0 bridgehead atoms. The average molecular weight is 633 g/mol. The van der Waals surface area contributed by atoms with Crippen LogP contribution in [0.2, 0.25) is 0 Å². The number of anilines is 1. The lowest BCUT2D eigenvalue weighted by Crippen LogP contribution is -2.20. The van der Waals surface area contributed by atoms with E-state index in [9.17, 15) is 15.8 Å². The molecular formula is C41H36N4OS. The number of allylic oxidation sites excluding steroid dienone is 5. The standard InChI is InChI=1S/C41H36N4OS/c1-4-23-45(3)34-17-15-31(40(24-34)46-29-30-11-7-5-8-12-30)16-18-35-19-20-36(47-35)21-22-39-38(28-44)37(32(26-42)27-43)25-41(39,2)33-13-9-6-10-14-33/h5-22,24H,4,23,25,29H2,1-3H3/b18-16+,22-21+. The Hall–Kier alpha value is -5.61. The molecule has 1 heterocycles. The third-order valence-electron chi connectivity index (χ3n) is 8.47. The van der Waals surface area contributed by atoms with E-state index in [1.54, 1.807) is 11.3 Å². The van der Waals surface area contributed by atoms with Crippen molar-refractivity contribution in [2.24, 2.45) is 0 Å². The molecule has 232 valence electrons. The third-order valence-corrected chi connectivity index (χ3v) is 9.48. The van der Waals surface area contributed by atoms with Crippen molar-refractivity contribution in [1.82, 2.24) is 0 Å². The Morgan fingerprint density at radius 1 is 0.872 bits per heavy atom. The summed E-state index contributed by atoms with van der Waals surface area (Å²) in [6.45, 7) is 5.70. The lowest BCUT2D eigenvalue weighted by Gasteiger charge is -2.27. The Labute approximate surface area is 281 Å². The van der Waals surface area contributed by atoms with Crippen LogP contribution in [-0.4, -0.2) is 13.6 Å². The van der Waals surface area contributed by atoms with Crippen LogP contribution in [-0.2, 0) is 12.0 Å². The van der Waals surface area contributed by atoms with Gasteiger partial charge in [0.1, 0.15) is 30.1 Å². The van der Waals surface area contributed by atoms with Crippen molar-refractivity contribution in [1.29, 1.82) is 15.8 Å². The van der Waals surface area contributed by atoms with E-state index in [0.29, 0.717) is 24.2 Å². The highest BCUT2D eigenvalue weighted by atomic mass is 32.1. The smallest absolute Gasteiger partial charge is 0.134 e. The summed E-state index contributed by atoms with van der Waals surface area (Å²) >= 11 is 1.64. The number of rotatable bonds is 11. The number of nitriles is 3. The highest BCUT2D eigenvalue weighted by Crippen LogP contribution is 2.49. The van der Waals surface area contributed by atoms with Crippen LogP contribution in [0.4, 0.5) is 5.69 Å². The second-order valence-electron chi connectivity index (χ2n) is 11.7. The highest BCUT2D eigenvalue weighted by Gasteiger charge is 2.41. The minimum Gasteiger partial charge on any atom is -0.488 e. The van der Waals surface area contributed by atoms with E-state index in [1.807, 2.05) is 72.8 Å². The van der Waals surface area contributed by atoms with Gasteiger partial charge in [0, 0.05) is 46.1 Å². The van der Waals surface area contributed by atoms with Gasteiger partial charge in [-0.05, 0) is 77.6 Å². The molecule has 0 aliphatic heterocycles. The number of hydrogen-bond acceptors (Lipinski definition) is 6. The monoisotopic (exact) mass is 632 g/mol. The Balaban J connectivity index is 1.43. The molecule has 0 radical (unpaired) electrons. The van der Waals surface area contributed by atoms with Gasteiger partial charge in [-0.1, -0.05) is 80.6 Å². The van der Waals surface area contributed by atoms with Crippen molar-refractivity contribution in [3.05, 3.63) is 146 Å². The van der Waals surface area contributed by atoms with Crippen LogP contribution in [0.15, 0.2) is 119 Å². The molecule has 5 rings (SSSR count). The van der Waals surface area contributed by atoms with Crippen molar-refractivity contribution < 1.29 is 4.74 Å². The molecule has 1 aliphatic carbocycles. The molecule has 1 aliphatic rings. The van der Waals surface area contributed by atoms with Crippen molar-refractivity contribution in [3.63, 3.8) is 0 Å². The Morgan fingerprint density at radius 2 is 1.53 bits per heavy atom. The van der Waals surface area contributed by atoms with Crippen LogP contribution >= 0.6 is 11.3 Å². The van der Waals surface area contributed by atoms with Gasteiger partial charge in [-0.3, -0.25) is 0 Å². The minimum atomic E-state index is -0.551. The Bertz CT molecular complexity index is 1960. The predicted octanol–water partition coefficient (Wildman–Crippen LogP) is 9.88. The fourth-order valence-corrected chi connectivity index (χ4v) is 6.73. The number of hydrogen-bond donors (Lipinski definition) is 0. The molecule has 0 amide bonds.